The lowest BCUT2D eigenvalue weighted by atomic mass is 10.0. The normalized spacial score (nSPS) is 21.2. The number of carbonyl (C=O) groups is 1. The summed E-state index contributed by atoms with van der Waals surface area (Å²) >= 11 is 1.65. The molecule has 1 fully saturated rings. The molecule has 1 amide bonds. The van der Waals surface area contributed by atoms with Crippen molar-refractivity contribution in [2.75, 3.05) is 13.1 Å². The summed E-state index contributed by atoms with van der Waals surface area (Å²) in [5.41, 5.74) is 2.15. The number of likely N-dealkylation sites (tertiary alicyclic amines) is 1. The number of nitrogens with zero attached hydrogens (tertiary/aromatic N) is 3. The Morgan fingerprint density at radius 3 is 2.92 bits per heavy atom. The smallest absolute Gasteiger partial charge is 0.220 e. The van der Waals surface area contributed by atoms with Gasteiger partial charge in [-0.2, -0.15) is 0 Å². The predicted octanol–water partition coefficient (Wildman–Crippen LogP) is 1.53. The second-order valence-corrected chi connectivity index (χ2v) is 7.54. The van der Waals surface area contributed by atoms with Crippen LogP contribution in [0.15, 0.2) is 29.9 Å². The number of aryl methyl sites for hydroxylation is 2. The number of thiazole rings is 1. The zero-order valence-corrected chi connectivity index (χ0v) is 15.2. The molecule has 0 saturated carbocycles. The molecule has 0 radical (unpaired) electrons. The van der Waals surface area contributed by atoms with Crippen molar-refractivity contribution in [2.24, 2.45) is 0 Å². The van der Waals surface area contributed by atoms with Crippen LogP contribution < -0.4 is 5.32 Å². The van der Waals surface area contributed by atoms with E-state index in [0.29, 0.717) is 19.4 Å². The lowest BCUT2D eigenvalue weighted by Crippen LogP contribution is -2.53. The Kier molecular flexibility index (Phi) is 6.12. The summed E-state index contributed by atoms with van der Waals surface area (Å²) in [5.74, 6) is -0.00978. The molecule has 0 spiro atoms. The van der Waals surface area contributed by atoms with Gasteiger partial charge in [-0.15, -0.1) is 11.3 Å². The number of aliphatic hydroxyl groups is 1. The highest BCUT2D eigenvalue weighted by Gasteiger charge is 2.28. The van der Waals surface area contributed by atoms with Crippen molar-refractivity contribution in [1.82, 2.24) is 20.2 Å². The fourth-order valence-electron chi connectivity index (χ4n) is 3.11. The highest BCUT2D eigenvalue weighted by molar-refractivity contribution is 7.09. The number of pyridine rings is 1. The summed E-state index contributed by atoms with van der Waals surface area (Å²) in [4.78, 5) is 22.8. The first-order valence-electron chi connectivity index (χ1n) is 8.60. The van der Waals surface area contributed by atoms with E-state index in [2.05, 4.69) is 25.6 Å². The van der Waals surface area contributed by atoms with Crippen LogP contribution in [0, 0.1) is 6.92 Å². The molecule has 1 saturated heterocycles. The maximum atomic E-state index is 12.1. The SMILES string of the molecule is Cc1nc(CN2CC[C@@H](NC(=O)CCc3ccncc3)[C@H](O)C2)cs1. The average Bonchev–Trinajstić information content (AvgIpc) is 3.01. The standard InChI is InChI=1S/C18H24N4O2S/c1-13-20-15(12-25-13)10-22-9-6-16(17(23)11-22)21-18(24)3-2-14-4-7-19-8-5-14/h4-5,7-8,12,16-17,23H,2-3,6,9-11H2,1H3,(H,21,24)/t16-,17-/m1/s1. The highest BCUT2D eigenvalue weighted by atomic mass is 32.1. The number of carbonyl (C=O) groups excluding carboxylic acids is 1. The van der Waals surface area contributed by atoms with Crippen molar-refractivity contribution in [3.05, 3.63) is 46.2 Å². The molecule has 2 atom stereocenters. The Morgan fingerprint density at radius 2 is 2.24 bits per heavy atom. The van der Waals surface area contributed by atoms with E-state index in [9.17, 15) is 9.90 Å². The van der Waals surface area contributed by atoms with Crippen LogP contribution >= 0.6 is 11.3 Å². The van der Waals surface area contributed by atoms with Gasteiger partial charge >= 0.3 is 0 Å². The van der Waals surface area contributed by atoms with E-state index in [1.54, 1.807) is 23.7 Å². The molecule has 134 valence electrons. The van der Waals surface area contributed by atoms with Crippen molar-refractivity contribution in [1.29, 1.82) is 0 Å². The summed E-state index contributed by atoms with van der Waals surface area (Å²) in [6.07, 6.45) is 4.79. The first-order valence-corrected chi connectivity index (χ1v) is 9.48. The monoisotopic (exact) mass is 360 g/mol. The largest absolute Gasteiger partial charge is 0.390 e. The Hall–Kier alpha value is -1.83. The van der Waals surface area contributed by atoms with Crippen LogP contribution in [0.4, 0.5) is 0 Å². The number of piperidine rings is 1. The Balaban J connectivity index is 1.42. The predicted molar refractivity (Wildman–Crippen MR) is 97.2 cm³/mol. The number of nitrogens with one attached hydrogen (secondary N) is 1. The fourth-order valence-corrected chi connectivity index (χ4v) is 3.71. The van der Waals surface area contributed by atoms with Crippen LogP contribution in [0.25, 0.3) is 0 Å². The van der Waals surface area contributed by atoms with E-state index in [1.807, 2.05) is 19.1 Å². The maximum absolute atomic E-state index is 12.1. The molecule has 25 heavy (non-hydrogen) atoms. The second kappa shape index (κ2) is 8.51. The van der Waals surface area contributed by atoms with Gasteiger partial charge in [-0.3, -0.25) is 14.7 Å². The third-order valence-corrected chi connectivity index (χ3v) is 5.28. The summed E-state index contributed by atoms with van der Waals surface area (Å²) in [6, 6.07) is 3.67. The summed E-state index contributed by atoms with van der Waals surface area (Å²) in [6.45, 7) is 4.16. The van der Waals surface area contributed by atoms with E-state index < -0.39 is 6.10 Å². The Morgan fingerprint density at radius 1 is 1.44 bits per heavy atom. The van der Waals surface area contributed by atoms with Gasteiger partial charge < -0.3 is 10.4 Å². The third kappa shape index (κ3) is 5.32. The molecule has 7 heteroatoms. The zero-order chi connectivity index (χ0) is 17.6. The van der Waals surface area contributed by atoms with Crippen molar-refractivity contribution < 1.29 is 9.90 Å². The minimum Gasteiger partial charge on any atom is -0.390 e. The van der Waals surface area contributed by atoms with Crippen LogP contribution in [0.5, 0.6) is 0 Å². The van der Waals surface area contributed by atoms with Gasteiger partial charge in [-0.25, -0.2) is 4.98 Å². The Bertz CT molecular complexity index is 691. The van der Waals surface area contributed by atoms with Gasteiger partial charge in [0, 0.05) is 43.8 Å². The lowest BCUT2D eigenvalue weighted by molar-refractivity contribution is -0.123. The number of aliphatic hydroxyl groups excluding tert-OH is 1. The van der Waals surface area contributed by atoms with Crippen LogP contribution in [0.1, 0.15) is 29.1 Å². The molecule has 3 heterocycles. The average molecular weight is 360 g/mol. The molecule has 1 aliphatic rings. The van der Waals surface area contributed by atoms with Crippen molar-refractivity contribution in [3.8, 4) is 0 Å². The van der Waals surface area contributed by atoms with Crippen LogP contribution in [0.2, 0.25) is 0 Å². The van der Waals surface area contributed by atoms with E-state index >= 15 is 0 Å². The molecule has 2 aromatic heterocycles. The second-order valence-electron chi connectivity index (χ2n) is 6.48. The molecular formula is C18H24N4O2S. The van der Waals surface area contributed by atoms with E-state index in [4.69, 9.17) is 0 Å². The maximum Gasteiger partial charge on any atom is 0.220 e. The minimum atomic E-state index is -0.543. The molecule has 1 aliphatic heterocycles. The molecule has 6 nitrogen and oxygen atoms in total. The molecular weight excluding hydrogens is 336 g/mol. The van der Waals surface area contributed by atoms with Gasteiger partial charge in [-0.1, -0.05) is 0 Å². The highest BCUT2D eigenvalue weighted by Crippen LogP contribution is 2.16. The van der Waals surface area contributed by atoms with Crippen molar-refractivity contribution in [2.45, 2.75) is 44.9 Å². The van der Waals surface area contributed by atoms with Gasteiger partial charge in [0.15, 0.2) is 0 Å². The topological polar surface area (TPSA) is 78.4 Å². The number of hydrogen-bond acceptors (Lipinski definition) is 6. The fraction of sp³-hybridized carbons (Fsp3) is 0.500. The summed E-state index contributed by atoms with van der Waals surface area (Å²) in [5, 5.41) is 16.5. The van der Waals surface area contributed by atoms with Crippen LogP contribution in [0.3, 0.4) is 0 Å². The number of β-amino-alcohol motifs (C(OH)–C–C–N with tert-alkyl or cyclic N) is 1. The third-order valence-electron chi connectivity index (χ3n) is 4.45. The minimum absolute atomic E-state index is 0.00978. The van der Waals surface area contributed by atoms with E-state index in [1.165, 1.54) is 0 Å². The first kappa shape index (κ1) is 18.0. The quantitative estimate of drug-likeness (QED) is 0.817. The molecule has 0 unspecified atom stereocenters. The van der Waals surface area contributed by atoms with Crippen LogP contribution in [-0.2, 0) is 17.8 Å². The number of amides is 1. The molecule has 2 aromatic rings. The summed E-state index contributed by atoms with van der Waals surface area (Å²) in [7, 11) is 0. The zero-order valence-electron chi connectivity index (χ0n) is 14.4. The molecule has 0 bridgehead atoms. The van der Waals surface area contributed by atoms with Crippen molar-refractivity contribution >= 4 is 17.2 Å². The number of aromatic nitrogens is 2. The Labute approximate surface area is 151 Å². The van der Waals surface area contributed by atoms with Gasteiger partial charge in [0.1, 0.15) is 0 Å². The molecule has 0 aliphatic carbocycles. The molecule has 0 aromatic carbocycles. The van der Waals surface area contributed by atoms with Gasteiger partial charge in [-0.05, 0) is 37.5 Å². The molecule has 3 rings (SSSR count). The van der Waals surface area contributed by atoms with Gasteiger partial charge in [0.05, 0.1) is 22.8 Å². The number of hydrogen-bond donors (Lipinski definition) is 2. The summed E-state index contributed by atoms with van der Waals surface area (Å²) < 4.78 is 0. The number of rotatable bonds is 6. The van der Waals surface area contributed by atoms with Crippen molar-refractivity contribution in [3.63, 3.8) is 0 Å². The lowest BCUT2D eigenvalue weighted by Gasteiger charge is -2.36. The van der Waals surface area contributed by atoms with Crippen LogP contribution in [-0.4, -0.2) is 51.1 Å². The van der Waals surface area contributed by atoms with Gasteiger partial charge in [0.2, 0.25) is 5.91 Å². The molecule has 2 N–H and O–H groups in total. The first-order chi connectivity index (χ1) is 12.1. The van der Waals surface area contributed by atoms with E-state index in [-0.39, 0.29) is 11.9 Å². The van der Waals surface area contributed by atoms with Gasteiger partial charge in [0.25, 0.3) is 0 Å². The van der Waals surface area contributed by atoms with E-state index in [0.717, 1.165) is 35.8 Å².